The molecule has 2 rings (SSSR count). The maximum Gasteiger partial charge on any atom is 0.336 e. The molecule has 1 saturated carbocycles. The Morgan fingerprint density at radius 3 is 2.35 bits per heavy atom. The standard InChI is InChI=1S/C16H21NO3/c1-2-16(9-5-6-10-16)11-17-14(18)12-7-3-4-8-13(12)15(19)20/h3-4,7-8H,2,5-6,9-11H2,1H3,(H,17,18)(H,19,20). The lowest BCUT2D eigenvalue weighted by Crippen LogP contribution is -2.36. The highest BCUT2D eigenvalue weighted by molar-refractivity contribution is 6.04. The largest absolute Gasteiger partial charge is 0.478 e. The Labute approximate surface area is 119 Å². The molecule has 108 valence electrons. The third-order valence-corrected chi connectivity index (χ3v) is 4.44. The molecule has 0 spiro atoms. The molecule has 0 aliphatic heterocycles. The van der Waals surface area contributed by atoms with Crippen LogP contribution in [-0.4, -0.2) is 23.5 Å². The summed E-state index contributed by atoms with van der Waals surface area (Å²) < 4.78 is 0. The lowest BCUT2D eigenvalue weighted by atomic mass is 9.83. The van der Waals surface area contributed by atoms with Crippen molar-refractivity contribution in [1.82, 2.24) is 5.32 Å². The minimum Gasteiger partial charge on any atom is -0.478 e. The Hall–Kier alpha value is -1.84. The second-order valence-electron chi connectivity index (χ2n) is 5.59. The fraction of sp³-hybridized carbons (Fsp3) is 0.500. The number of carbonyl (C=O) groups excluding carboxylic acids is 1. The fourth-order valence-electron chi connectivity index (χ4n) is 3.01. The molecule has 4 heteroatoms. The van der Waals surface area contributed by atoms with E-state index < -0.39 is 5.97 Å². The van der Waals surface area contributed by atoms with Crippen molar-refractivity contribution < 1.29 is 14.7 Å². The van der Waals surface area contributed by atoms with Crippen LogP contribution in [0.4, 0.5) is 0 Å². The van der Waals surface area contributed by atoms with Crippen molar-refractivity contribution >= 4 is 11.9 Å². The summed E-state index contributed by atoms with van der Waals surface area (Å²) in [4.78, 5) is 23.3. The summed E-state index contributed by atoms with van der Waals surface area (Å²) in [5.74, 6) is -1.36. The van der Waals surface area contributed by atoms with Crippen molar-refractivity contribution in [3.8, 4) is 0 Å². The van der Waals surface area contributed by atoms with Crippen molar-refractivity contribution in [2.75, 3.05) is 6.54 Å². The smallest absolute Gasteiger partial charge is 0.336 e. The first kappa shape index (κ1) is 14.6. The monoisotopic (exact) mass is 275 g/mol. The fourth-order valence-corrected chi connectivity index (χ4v) is 3.01. The summed E-state index contributed by atoms with van der Waals surface area (Å²) in [6.45, 7) is 2.79. The number of benzene rings is 1. The van der Waals surface area contributed by atoms with E-state index in [1.165, 1.54) is 18.9 Å². The van der Waals surface area contributed by atoms with Crippen molar-refractivity contribution in [3.05, 3.63) is 35.4 Å². The van der Waals surface area contributed by atoms with Crippen LogP contribution in [0.3, 0.4) is 0 Å². The molecule has 1 aromatic carbocycles. The van der Waals surface area contributed by atoms with E-state index in [9.17, 15) is 9.59 Å². The van der Waals surface area contributed by atoms with Gasteiger partial charge in [0.1, 0.15) is 0 Å². The van der Waals surface area contributed by atoms with Gasteiger partial charge >= 0.3 is 5.97 Å². The summed E-state index contributed by atoms with van der Waals surface area (Å²) in [6.07, 6.45) is 5.77. The molecule has 0 heterocycles. The van der Waals surface area contributed by atoms with E-state index in [2.05, 4.69) is 12.2 Å². The molecule has 0 saturated heterocycles. The van der Waals surface area contributed by atoms with Crippen LogP contribution in [0.15, 0.2) is 24.3 Å². The van der Waals surface area contributed by atoms with Crippen LogP contribution in [0.1, 0.15) is 59.7 Å². The molecule has 0 bridgehead atoms. The molecule has 0 atom stereocenters. The highest BCUT2D eigenvalue weighted by Gasteiger charge is 2.32. The normalized spacial score (nSPS) is 16.9. The van der Waals surface area contributed by atoms with Gasteiger partial charge in [-0.1, -0.05) is 31.9 Å². The number of hydrogen-bond donors (Lipinski definition) is 2. The number of rotatable bonds is 5. The van der Waals surface area contributed by atoms with Crippen LogP contribution in [0.2, 0.25) is 0 Å². The van der Waals surface area contributed by atoms with Crippen LogP contribution in [0.5, 0.6) is 0 Å². The van der Waals surface area contributed by atoms with Crippen molar-refractivity contribution in [1.29, 1.82) is 0 Å². The van der Waals surface area contributed by atoms with Gasteiger partial charge in [-0.3, -0.25) is 4.79 Å². The van der Waals surface area contributed by atoms with Gasteiger partial charge in [0.15, 0.2) is 0 Å². The van der Waals surface area contributed by atoms with Crippen LogP contribution in [0, 0.1) is 5.41 Å². The maximum atomic E-state index is 12.2. The second-order valence-corrected chi connectivity index (χ2v) is 5.59. The number of amides is 1. The van der Waals surface area contributed by atoms with E-state index in [0.717, 1.165) is 19.3 Å². The zero-order valence-corrected chi connectivity index (χ0v) is 11.8. The van der Waals surface area contributed by atoms with E-state index in [1.807, 2.05) is 0 Å². The van der Waals surface area contributed by atoms with Gasteiger partial charge in [0.05, 0.1) is 11.1 Å². The molecule has 0 radical (unpaired) electrons. The lowest BCUT2D eigenvalue weighted by molar-refractivity contribution is 0.0690. The average Bonchev–Trinajstić information content (AvgIpc) is 2.94. The minimum absolute atomic E-state index is 0.0574. The Balaban J connectivity index is 2.07. The van der Waals surface area contributed by atoms with Gasteiger partial charge in [0.2, 0.25) is 0 Å². The summed E-state index contributed by atoms with van der Waals surface area (Å²) in [5, 5.41) is 12.0. The third-order valence-electron chi connectivity index (χ3n) is 4.44. The van der Waals surface area contributed by atoms with Gasteiger partial charge in [-0.05, 0) is 36.8 Å². The number of carbonyl (C=O) groups is 2. The van der Waals surface area contributed by atoms with Crippen LogP contribution in [-0.2, 0) is 0 Å². The minimum atomic E-state index is -1.07. The van der Waals surface area contributed by atoms with E-state index >= 15 is 0 Å². The van der Waals surface area contributed by atoms with E-state index in [0.29, 0.717) is 6.54 Å². The molecule has 1 aromatic rings. The number of nitrogens with one attached hydrogen (secondary N) is 1. The van der Waals surface area contributed by atoms with Crippen LogP contribution in [0.25, 0.3) is 0 Å². The maximum absolute atomic E-state index is 12.2. The molecule has 1 fully saturated rings. The SMILES string of the molecule is CCC1(CNC(=O)c2ccccc2C(=O)O)CCCC1. The quantitative estimate of drug-likeness (QED) is 0.867. The summed E-state index contributed by atoms with van der Waals surface area (Å²) >= 11 is 0. The number of carboxylic acid groups (broad SMARTS) is 1. The molecule has 0 unspecified atom stereocenters. The number of aromatic carboxylic acids is 1. The highest BCUT2D eigenvalue weighted by atomic mass is 16.4. The summed E-state index contributed by atoms with van der Waals surface area (Å²) in [6, 6.07) is 6.34. The Bertz CT molecular complexity index is 504. The van der Waals surface area contributed by atoms with E-state index in [-0.39, 0.29) is 22.4 Å². The molecular formula is C16H21NO3. The molecule has 4 nitrogen and oxygen atoms in total. The van der Waals surface area contributed by atoms with Gasteiger partial charge in [0.25, 0.3) is 5.91 Å². The van der Waals surface area contributed by atoms with Gasteiger partial charge in [-0.15, -0.1) is 0 Å². The highest BCUT2D eigenvalue weighted by Crippen LogP contribution is 2.40. The molecule has 1 amide bonds. The van der Waals surface area contributed by atoms with Crippen molar-refractivity contribution in [3.63, 3.8) is 0 Å². The van der Waals surface area contributed by atoms with Gasteiger partial charge in [-0.2, -0.15) is 0 Å². The Morgan fingerprint density at radius 2 is 1.80 bits per heavy atom. The first-order chi connectivity index (χ1) is 9.58. The summed E-state index contributed by atoms with van der Waals surface area (Å²) in [5.41, 5.74) is 0.500. The third kappa shape index (κ3) is 3.00. The van der Waals surface area contributed by atoms with E-state index in [4.69, 9.17) is 5.11 Å². The zero-order chi connectivity index (χ0) is 14.6. The lowest BCUT2D eigenvalue weighted by Gasteiger charge is -2.27. The van der Waals surface area contributed by atoms with Gasteiger partial charge < -0.3 is 10.4 Å². The Morgan fingerprint density at radius 1 is 1.20 bits per heavy atom. The zero-order valence-electron chi connectivity index (χ0n) is 11.8. The topological polar surface area (TPSA) is 66.4 Å². The first-order valence-electron chi connectivity index (χ1n) is 7.18. The molecular weight excluding hydrogens is 254 g/mol. The molecule has 2 N–H and O–H groups in total. The number of hydrogen-bond acceptors (Lipinski definition) is 2. The molecule has 20 heavy (non-hydrogen) atoms. The first-order valence-corrected chi connectivity index (χ1v) is 7.18. The molecule has 1 aliphatic carbocycles. The second kappa shape index (κ2) is 6.07. The van der Waals surface area contributed by atoms with Crippen molar-refractivity contribution in [2.45, 2.75) is 39.0 Å². The van der Waals surface area contributed by atoms with E-state index in [1.54, 1.807) is 18.2 Å². The summed E-state index contributed by atoms with van der Waals surface area (Å²) in [7, 11) is 0. The number of carboxylic acids is 1. The molecule has 1 aliphatic rings. The average molecular weight is 275 g/mol. The predicted molar refractivity (Wildman–Crippen MR) is 76.9 cm³/mol. The predicted octanol–water partition coefficient (Wildman–Crippen LogP) is 3.09. The van der Waals surface area contributed by atoms with Crippen LogP contribution >= 0.6 is 0 Å². The Kier molecular flexibility index (Phi) is 4.42. The van der Waals surface area contributed by atoms with Gasteiger partial charge in [-0.25, -0.2) is 4.79 Å². The molecule has 0 aromatic heterocycles. The van der Waals surface area contributed by atoms with Crippen molar-refractivity contribution in [2.24, 2.45) is 5.41 Å². The van der Waals surface area contributed by atoms with Crippen LogP contribution < -0.4 is 5.32 Å². The van der Waals surface area contributed by atoms with Gasteiger partial charge in [0, 0.05) is 6.54 Å².